The van der Waals surface area contributed by atoms with E-state index in [9.17, 15) is 4.79 Å². The van der Waals surface area contributed by atoms with Gasteiger partial charge in [0.1, 0.15) is 6.33 Å². The Balaban J connectivity index is 1.55. The Morgan fingerprint density at radius 2 is 1.74 bits per heavy atom. The number of carbonyl (C=O) groups is 1. The van der Waals surface area contributed by atoms with Crippen molar-refractivity contribution in [3.63, 3.8) is 0 Å². The van der Waals surface area contributed by atoms with Crippen LogP contribution in [0.15, 0.2) is 66.1 Å². The Labute approximate surface area is 164 Å². The fourth-order valence-corrected chi connectivity index (χ4v) is 3.71. The van der Waals surface area contributed by atoms with Gasteiger partial charge in [-0.2, -0.15) is 0 Å². The molecule has 6 heteroatoms. The Bertz CT molecular complexity index is 875. The summed E-state index contributed by atoms with van der Waals surface area (Å²) < 4.78 is 1.97. The van der Waals surface area contributed by atoms with E-state index >= 15 is 0 Å². The molecule has 0 aliphatic carbocycles. The lowest BCUT2D eigenvalue weighted by atomic mass is 10.0. The van der Waals surface area contributed by atoms with Crippen LogP contribution in [0, 0.1) is 0 Å². The van der Waals surface area contributed by atoms with Gasteiger partial charge >= 0.3 is 0 Å². The first-order valence-corrected chi connectivity index (χ1v) is 9.94. The van der Waals surface area contributed by atoms with Crippen molar-refractivity contribution in [3.05, 3.63) is 66.5 Å². The largest absolute Gasteiger partial charge is 0.341 e. The van der Waals surface area contributed by atoms with Crippen molar-refractivity contribution in [3.8, 4) is 11.1 Å². The van der Waals surface area contributed by atoms with Gasteiger partial charge in [-0.1, -0.05) is 66.4 Å². The van der Waals surface area contributed by atoms with Gasteiger partial charge in [0.15, 0.2) is 5.16 Å². The van der Waals surface area contributed by atoms with Crippen molar-refractivity contribution in [2.24, 2.45) is 0 Å². The quantitative estimate of drug-likeness (QED) is 0.574. The number of hydrogen-bond acceptors (Lipinski definition) is 4. The second-order valence-corrected chi connectivity index (χ2v) is 7.66. The molecule has 140 valence electrons. The Kier molecular flexibility index (Phi) is 6.29. The van der Waals surface area contributed by atoms with Gasteiger partial charge in [-0.15, -0.1) is 10.2 Å². The summed E-state index contributed by atoms with van der Waals surface area (Å²) in [7, 11) is 1.83. The van der Waals surface area contributed by atoms with Crippen LogP contribution in [-0.2, 0) is 11.3 Å². The predicted molar refractivity (Wildman–Crippen MR) is 109 cm³/mol. The summed E-state index contributed by atoms with van der Waals surface area (Å²) in [6.45, 7) is 4.73. The fourth-order valence-electron chi connectivity index (χ4n) is 2.72. The maximum Gasteiger partial charge on any atom is 0.233 e. The van der Waals surface area contributed by atoms with Crippen molar-refractivity contribution < 1.29 is 4.79 Å². The minimum Gasteiger partial charge on any atom is -0.341 e. The van der Waals surface area contributed by atoms with Crippen LogP contribution in [0.25, 0.3) is 11.1 Å². The molecule has 2 aromatic carbocycles. The molecule has 0 N–H and O–H groups in total. The molecule has 0 saturated carbocycles. The second kappa shape index (κ2) is 8.86. The summed E-state index contributed by atoms with van der Waals surface area (Å²) in [6, 6.07) is 18.9. The Morgan fingerprint density at radius 1 is 1.07 bits per heavy atom. The fraction of sp³-hybridized carbons (Fsp3) is 0.286. The molecule has 0 fully saturated rings. The number of hydrogen-bond donors (Lipinski definition) is 0. The molecule has 3 rings (SSSR count). The third-order valence-electron chi connectivity index (χ3n) is 4.33. The van der Waals surface area contributed by atoms with Gasteiger partial charge < -0.3 is 9.47 Å². The van der Waals surface area contributed by atoms with E-state index in [0.29, 0.717) is 12.3 Å². The second-order valence-electron chi connectivity index (χ2n) is 6.72. The number of amides is 1. The topological polar surface area (TPSA) is 51.0 Å². The first-order chi connectivity index (χ1) is 13.0. The van der Waals surface area contributed by atoms with Crippen LogP contribution in [-0.4, -0.2) is 38.4 Å². The summed E-state index contributed by atoms with van der Waals surface area (Å²) in [4.78, 5) is 14.2. The molecule has 27 heavy (non-hydrogen) atoms. The highest BCUT2D eigenvalue weighted by atomic mass is 32.2. The normalized spacial score (nSPS) is 11.0. The van der Waals surface area contributed by atoms with E-state index in [0.717, 1.165) is 10.7 Å². The molecule has 0 bridgehead atoms. The molecule has 1 heterocycles. The number of aromatic nitrogens is 3. The molecule has 3 aromatic rings. The molecule has 0 saturated heterocycles. The van der Waals surface area contributed by atoms with E-state index < -0.39 is 0 Å². The highest BCUT2D eigenvalue weighted by Gasteiger charge is 2.14. The van der Waals surface area contributed by atoms with Crippen LogP contribution in [0.4, 0.5) is 0 Å². The predicted octanol–water partition coefficient (Wildman–Crippen LogP) is 4.28. The zero-order valence-electron chi connectivity index (χ0n) is 15.9. The lowest BCUT2D eigenvalue weighted by Crippen LogP contribution is -2.27. The van der Waals surface area contributed by atoms with E-state index in [1.165, 1.54) is 22.9 Å². The molecule has 0 radical (unpaired) electrons. The standard InChI is InChI=1S/C21H24N4OS/c1-16(2)25-15-22-23-21(25)27-14-20(26)24(3)13-17-9-11-19(12-10-17)18-7-5-4-6-8-18/h4-12,15-16H,13-14H2,1-3H3. The van der Waals surface area contributed by atoms with Gasteiger partial charge in [0.05, 0.1) is 5.75 Å². The average Bonchev–Trinajstić information content (AvgIpc) is 3.16. The molecular formula is C21H24N4OS. The average molecular weight is 381 g/mol. The summed E-state index contributed by atoms with van der Waals surface area (Å²) >= 11 is 1.43. The summed E-state index contributed by atoms with van der Waals surface area (Å²) in [5.41, 5.74) is 3.48. The van der Waals surface area contributed by atoms with Crippen molar-refractivity contribution in [1.82, 2.24) is 19.7 Å². The number of nitrogens with zero attached hydrogens (tertiary/aromatic N) is 4. The van der Waals surface area contributed by atoms with Crippen LogP contribution in [0.1, 0.15) is 25.5 Å². The van der Waals surface area contributed by atoms with Crippen molar-refractivity contribution >= 4 is 17.7 Å². The maximum atomic E-state index is 12.5. The monoisotopic (exact) mass is 380 g/mol. The zero-order valence-corrected chi connectivity index (χ0v) is 16.7. The Morgan fingerprint density at radius 3 is 2.41 bits per heavy atom. The van der Waals surface area contributed by atoms with E-state index in [-0.39, 0.29) is 11.9 Å². The first kappa shape index (κ1) is 19.2. The third kappa shape index (κ3) is 4.98. The smallest absolute Gasteiger partial charge is 0.233 e. The van der Waals surface area contributed by atoms with Crippen LogP contribution in [0.2, 0.25) is 0 Å². The molecule has 0 aliphatic heterocycles. The van der Waals surface area contributed by atoms with E-state index in [1.807, 2.05) is 29.8 Å². The van der Waals surface area contributed by atoms with Crippen molar-refractivity contribution in [2.75, 3.05) is 12.8 Å². The SMILES string of the molecule is CC(C)n1cnnc1SCC(=O)N(C)Cc1ccc(-c2ccccc2)cc1. The van der Waals surface area contributed by atoms with Crippen LogP contribution in [0.3, 0.4) is 0 Å². The number of rotatable bonds is 7. The highest BCUT2D eigenvalue weighted by molar-refractivity contribution is 7.99. The van der Waals surface area contributed by atoms with Gasteiger partial charge in [0.2, 0.25) is 5.91 Å². The van der Waals surface area contributed by atoms with E-state index in [1.54, 1.807) is 11.2 Å². The number of benzene rings is 2. The molecule has 0 unspecified atom stereocenters. The van der Waals surface area contributed by atoms with E-state index in [4.69, 9.17) is 0 Å². The molecule has 1 aromatic heterocycles. The third-order valence-corrected chi connectivity index (χ3v) is 5.27. The van der Waals surface area contributed by atoms with Crippen molar-refractivity contribution in [2.45, 2.75) is 31.6 Å². The number of carbonyl (C=O) groups excluding carboxylic acids is 1. The van der Waals surface area contributed by atoms with Gasteiger partial charge in [0.25, 0.3) is 0 Å². The number of thioether (sulfide) groups is 1. The van der Waals surface area contributed by atoms with Crippen molar-refractivity contribution in [1.29, 1.82) is 0 Å². The minimum absolute atomic E-state index is 0.0745. The molecule has 1 amide bonds. The zero-order chi connectivity index (χ0) is 19.2. The summed E-state index contributed by atoms with van der Waals surface area (Å²) in [6.07, 6.45) is 1.70. The van der Waals surface area contributed by atoms with Gasteiger partial charge in [-0.3, -0.25) is 4.79 Å². The summed E-state index contributed by atoms with van der Waals surface area (Å²) in [5, 5.41) is 8.81. The highest BCUT2D eigenvalue weighted by Crippen LogP contribution is 2.21. The molecule has 0 spiro atoms. The molecule has 5 nitrogen and oxygen atoms in total. The maximum absolute atomic E-state index is 12.5. The van der Waals surface area contributed by atoms with Gasteiger partial charge in [-0.25, -0.2) is 0 Å². The molecule has 0 aliphatic rings. The van der Waals surface area contributed by atoms with Gasteiger partial charge in [-0.05, 0) is 30.5 Å². The lowest BCUT2D eigenvalue weighted by Gasteiger charge is -2.17. The molecular weight excluding hydrogens is 356 g/mol. The van der Waals surface area contributed by atoms with E-state index in [2.05, 4.69) is 60.4 Å². The first-order valence-electron chi connectivity index (χ1n) is 8.95. The van der Waals surface area contributed by atoms with Gasteiger partial charge in [0, 0.05) is 19.6 Å². The Hall–Kier alpha value is -2.60. The van der Waals surface area contributed by atoms with Crippen LogP contribution >= 0.6 is 11.8 Å². The summed E-state index contributed by atoms with van der Waals surface area (Å²) in [5.74, 6) is 0.426. The van der Waals surface area contributed by atoms with Crippen LogP contribution in [0.5, 0.6) is 0 Å². The minimum atomic E-state index is 0.0745. The lowest BCUT2D eigenvalue weighted by molar-refractivity contribution is -0.127. The molecule has 0 atom stereocenters. The van der Waals surface area contributed by atoms with Crippen LogP contribution < -0.4 is 0 Å².